The first-order valence-corrected chi connectivity index (χ1v) is 7.49. The lowest BCUT2D eigenvalue weighted by Gasteiger charge is -2.12. The van der Waals surface area contributed by atoms with Gasteiger partial charge in [-0.25, -0.2) is 0 Å². The first kappa shape index (κ1) is 16.1. The van der Waals surface area contributed by atoms with Gasteiger partial charge in [-0.15, -0.1) is 0 Å². The fourth-order valence-corrected chi connectivity index (χ4v) is 2.64. The minimum absolute atomic E-state index is 0.0512. The normalized spacial score (nSPS) is 12.1. The second-order valence-electron chi connectivity index (χ2n) is 5.12. The predicted molar refractivity (Wildman–Crippen MR) is 88.5 cm³/mol. The number of aromatic nitrogens is 3. The van der Waals surface area contributed by atoms with Crippen molar-refractivity contribution in [1.82, 2.24) is 14.8 Å². The molecule has 2 heterocycles. The van der Waals surface area contributed by atoms with Crippen LogP contribution in [-0.4, -0.2) is 24.8 Å². The van der Waals surface area contributed by atoms with Gasteiger partial charge in [-0.1, -0.05) is 29.8 Å². The summed E-state index contributed by atoms with van der Waals surface area (Å²) in [7, 11) is 0. The lowest BCUT2D eigenvalue weighted by Crippen LogP contribution is -2.09. The second-order valence-corrected chi connectivity index (χ2v) is 5.52. The number of aliphatic hydroxyl groups is 1. The SMILES string of the molecule is O=[N+]([O-])c1cn(C[C@H](O)c2ccccc2Cl)nc1-c1ccncc1. The number of nitro groups is 1. The average Bonchev–Trinajstić information content (AvgIpc) is 3.00. The van der Waals surface area contributed by atoms with Crippen molar-refractivity contribution in [2.45, 2.75) is 12.6 Å². The van der Waals surface area contributed by atoms with Gasteiger partial charge in [-0.2, -0.15) is 5.10 Å². The molecule has 0 saturated heterocycles. The number of benzene rings is 1. The fraction of sp³-hybridized carbons (Fsp3) is 0.125. The molecule has 1 atom stereocenters. The van der Waals surface area contributed by atoms with Gasteiger partial charge in [-0.3, -0.25) is 19.8 Å². The Morgan fingerprint density at radius 1 is 1.25 bits per heavy atom. The van der Waals surface area contributed by atoms with Crippen LogP contribution in [0, 0.1) is 10.1 Å². The molecule has 0 spiro atoms. The number of hydrogen-bond donors (Lipinski definition) is 1. The quantitative estimate of drug-likeness (QED) is 0.566. The summed E-state index contributed by atoms with van der Waals surface area (Å²) >= 11 is 6.06. The summed E-state index contributed by atoms with van der Waals surface area (Å²) < 4.78 is 1.35. The van der Waals surface area contributed by atoms with Gasteiger partial charge in [0.1, 0.15) is 6.20 Å². The van der Waals surface area contributed by atoms with Crippen molar-refractivity contribution in [3.63, 3.8) is 0 Å². The Kier molecular flexibility index (Phi) is 4.54. The zero-order chi connectivity index (χ0) is 17.1. The van der Waals surface area contributed by atoms with E-state index in [0.29, 0.717) is 16.1 Å². The van der Waals surface area contributed by atoms with Gasteiger partial charge in [0.2, 0.25) is 0 Å². The Balaban J connectivity index is 1.92. The van der Waals surface area contributed by atoms with Gasteiger partial charge >= 0.3 is 5.69 Å². The molecule has 0 fully saturated rings. The molecule has 7 nitrogen and oxygen atoms in total. The number of aliphatic hydroxyl groups excluding tert-OH is 1. The van der Waals surface area contributed by atoms with Crippen molar-refractivity contribution in [3.05, 3.63) is 75.7 Å². The molecule has 3 aromatic rings. The van der Waals surface area contributed by atoms with E-state index in [9.17, 15) is 15.2 Å². The number of hydrogen-bond acceptors (Lipinski definition) is 5. The number of rotatable bonds is 5. The second kappa shape index (κ2) is 6.77. The first-order valence-electron chi connectivity index (χ1n) is 7.11. The third kappa shape index (κ3) is 3.27. The third-order valence-corrected chi connectivity index (χ3v) is 3.86. The number of pyridine rings is 1. The van der Waals surface area contributed by atoms with E-state index in [2.05, 4.69) is 10.1 Å². The zero-order valence-electron chi connectivity index (χ0n) is 12.4. The molecule has 0 radical (unpaired) electrons. The largest absolute Gasteiger partial charge is 0.386 e. The van der Waals surface area contributed by atoms with E-state index in [-0.39, 0.29) is 17.9 Å². The monoisotopic (exact) mass is 344 g/mol. The molecule has 8 heteroatoms. The van der Waals surface area contributed by atoms with Gasteiger partial charge in [0.05, 0.1) is 17.6 Å². The van der Waals surface area contributed by atoms with Gasteiger partial charge in [-0.05, 0) is 18.2 Å². The van der Waals surface area contributed by atoms with E-state index in [1.54, 1.807) is 36.4 Å². The topological polar surface area (TPSA) is 94.1 Å². The van der Waals surface area contributed by atoms with Crippen LogP contribution >= 0.6 is 11.6 Å². The van der Waals surface area contributed by atoms with E-state index >= 15 is 0 Å². The minimum atomic E-state index is -0.927. The highest BCUT2D eigenvalue weighted by atomic mass is 35.5. The van der Waals surface area contributed by atoms with Crippen LogP contribution in [0.15, 0.2) is 55.0 Å². The highest BCUT2D eigenvalue weighted by Gasteiger charge is 2.22. The summed E-state index contributed by atoms with van der Waals surface area (Å²) in [5, 5.41) is 26.3. The third-order valence-electron chi connectivity index (χ3n) is 3.52. The van der Waals surface area contributed by atoms with Crippen LogP contribution in [0.2, 0.25) is 5.02 Å². The summed E-state index contributed by atoms with van der Waals surface area (Å²) in [4.78, 5) is 14.7. The fourth-order valence-electron chi connectivity index (χ4n) is 2.37. The first-order chi connectivity index (χ1) is 11.6. The maximum atomic E-state index is 11.3. The van der Waals surface area contributed by atoms with Crippen LogP contribution in [-0.2, 0) is 6.54 Å². The molecular formula is C16H13ClN4O3. The Morgan fingerprint density at radius 2 is 1.96 bits per heavy atom. The molecule has 2 aromatic heterocycles. The summed E-state index contributed by atoms with van der Waals surface area (Å²) in [6.45, 7) is 0.0512. The smallest absolute Gasteiger partial charge is 0.314 e. The summed E-state index contributed by atoms with van der Waals surface area (Å²) in [5.41, 5.74) is 1.23. The van der Waals surface area contributed by atoms with Crippen molar-refractivity contribution in [3.8, 4) is 11.3 Å². The maximum Gasteiger partial charge on any atom is 0.314 e. The molecule has 0 bridgehead atoms. The van der Waals surface area contributed by atoms with Gasteiger partial charge < -0.3 is 5.11 Å². The molecule has 122 valence electrons. The lowest BCUT2D eigenvalue weighted by molar-refractivity contribution is -0.384. The Bertz CT molecular complexity index is 867. The molecule has 0 unspecified atom stereocenters. The predicted octanol–water partition coefficient (Wildman–Crippen LogP) is 3.24. The van der Waals surface area contributed by atoms with Crippen molar-refractivity contribution >= 4 is 17.3 Å². The molecular weight excluding hydrogens is 332 g/mol. The van der Waals surface area contributed by atoms with Crippen LogP contribution in [0.4, 0.5) is 5.69 Å². The molecule has 1 aromatic carbocycles. The highest BCUT2D eigenvalue weighted by molar-refractivity contribution is 6.31. The maximum absolute atomic E-state index is 11.3. The number of halogens is 1. The molecule has 0 aliphatic carbocycles. The van der Waals surface area contributed by atoms with Gasteiger partial charge in [0, 0.05) is 28.5 Å². The van der Waals surface area contributed by atoms with Gasteiger partial charge in [0.25, 0.3) is 0 Å². The standard InChI is InChI=1S/C16H13ClN4O3/c17-13-4-2-1-3-12(13)15(22)10-20-9-14(21(23)24)16(19-20)11-5-7-18-8-6-11/h1-9,15,22H,10H2/t15-/m0/s1. The Hall–Kier alpha value is -2.77. The van der Waals surface area contributed by atoms with E-state index in [1.165, 1.54) is 23.3 Å². The Morgan fingerprint density at radius 3 is 2.62 bits per heavy atom. The minimum Gasteiger partial charge on any atom is -0.386 e. The molecule has 0 aliphatic heterocycles. The summed E-state index contributed by atoms with van der Waals surface area (Å²) in [6.07, 6.45) is 3.45. The van der Waals surface area contributed by atoms with Crippen molar-refractivity contribution < 1.29 is 10.0 Å². The van der Waals surface area contributed by atoms with Crippen LogP contribution in [0.5, 0.6) is 0 Å². The highest BCUT2D eigenvalue weighted by Crippen LogP contribution is 2.29. The zero-order valence-corrected chi connectivity index (χ0v) is 13.2. The number of nitrogens with zero attached hydrogens (tertiary/aromatic N) is 4. The van der Waals surface area contributed by atoms with E-state index in [1.807, 2.05) is 0 Å². The molecule has 24 heavy (non-hydrogen) atoms. The van der Waals surface area contributed by atoms with Gasteiger partial charge in [0.15, 0.2) is 5.69 Å². The summed E-state index contributed by atoms with van der Waals surface area (Å²) in [5.74, 6) is 0. The summed E-state index contributed by atoms with van der Waals surface area (Å²) in [6, 6.07) is 10.2. The van der Waals surface area contributed by atoms with Crippen molar-refractivity contribution in [2.75, 3.05) is 0 Å². The molecule has 0 amide bonds. The molecule has 0 aliphatic rings. The van der Waals surface area contributed by atoms with Crippen LogP contribution in [0.25, 0.3) is 11.3 Å². The van der Waals surface area contributed by atoms with Crippen LogP contribution in [0.1, 0.15) is 11.7 Å². The van der Waals surface area contributed by atoms with E-state index in [4.69, 9.17) is 11.6 Å². The van der Waals surface area contributed by atoms with Crippen molar-refractivity contribution in [2.24, 2.45) is 0 Å². The van der Waals surface area contributed by atoms with Crippen LogP contribution in [0.3, 0.4) is 0 Å². The molecule has 0 saturated carbocycles. The van der Waals surface area contributed by atoms with Crippen LogP contribution < -0.4 is 0 Å². The lowest BCUT2D eigenvalue weighted by atomic mass is 10.1. The molecule has 3 rings (SSSR count). The average molecular weight is 345 g/mol. The molecule has 1 N–H and O–H groups in total. The Labute approximate surface area is 142 Å². The van der Waals surface area contributed by atoms with E-state index in [0.717, 1.165) is 0 Å². The van der Waals surface area contributed by atoms with E-state index < -0.39 is 11.0 Å². The van der Waals surface area contributed by atoms with Crippen molar-refractivity contribution in [1.29, 1.82) is 0 Å².